The molecule has 0 amide bonds. The number of para-hydroxylation sites is 1. The van der Waals surface area contributed by atoms with E-state index in [9.17, 15) is 0 Å². The Balaban J connectivity index is 2.49. The molecule has 0 saturated carbocycles. The van der Waals surface area contributed by atoms with Gasteiger partial charge in [-0.15, -0.1) is 0 Å². The van der Waals surface area contributed by atoms with Gasteiger partial charge in [-0.25, -0.2) is 0 Å². The van der Waals surface area contributed by atoms with Crippen molar-refractivity contribution in [1.82, 2.24) is 5.32 Å². The number of rotatable bonds is 5. The van der Waals surface area contributed by atoms with Gasteiger partial charge in [0.1, 0.15) is 12.4 Å². The van der Waals surface area contributed by atoms with Crippen molar-refractivity contribution in [2.45, 2.75) is 13.0 Å². The molecule has 0 fully saturated rings. The van der Waals surface area contributed by atoms with E-state index >= 15 is 0 Å². The summed E-state index contributed by atoms with van der Waals surface area (Å²) in [5.41, 5.74) is 1.11. The van der Waals surface area contributed by atoms with Gasteiger partial charge < -0.3 is 15.2 Å². The Bertz CT molecular complexity index is 272. The predicted molar refractivity (Wildman–Crippen MR) is 56.6 cm³/mol. The first-order valence-electron chi connectivity index (χ1n) is 4.74. The number of hydrogen-bond acceptors (Lipinski definition) is 3. The molecule has 0 saturated heterocycles. The molecule has 1 atom stereocenters. The summed E-state index contributed by atoms with van der Waals surface area (Å²) in [5.74, 6) is 0.876. The van der Waals surface area contributed by atoms with E-state index in [2.05, 4.69) is 5.32 Å². The van der Waals surface area contributed by atoms with Gasteiger partial charge in [0.2, 0.25) is 0 Å². The second-order valence-electron chi connectivity index (χ2n) is 3.24. The molecule has 1 unspecified atom stereocenters. The van der Waals surface area contributed by atoms with Crippen molar-refractivity contribution in [3.63, 3.8) is 0 Å². The van der Waals surface area contributed by atoms with Gasteiger partial charge in [0.25, 0.3) is 0 Å². The number of aryl methyl sites for hydroxylation is 1. The normalized spacial score (nSPS) is 12.5. The van der Waals surface area contributed by atoms with Crippen LogP contribution in [0, 0.1) is 6.92 Å². The average Bonchev–Trinajstić information content (AvgIpc) is 2.22. The molecule has 78 valence electrons. The highest BCUT2D eigenvalue weighted by molar-refractivity contribution is 5.31. The zero-order valence-corrected chi connectivity index (χ0v) is 8.66. The lowest BCUT2D eigenvalue weighted by atomic mass is 10.2. The van der Waals surface area contributed by atoms with Crippen LogP contribution in [0.2, 0.25) is 0 Å². The lowest BCUT2D eigenvalue weighted by Crippen LogP contribution is -2.35. The molecule has 3 heteroatoms. The van der Waals surface area contributed by atoms with Crippen molar-refractivity contribution in [3.8, 4) is 5.75 Å². The molecule has 2 N–H and O–H groups in total. The van der Waals surface area contributed by atoms with Crippen molar-refractivity contribution in [2.75, 3.05) is 20.3 Å². The minimum absolute atomic E-state index is 0.00499. The van der Waals surface area contributed by atoms with E-state index in [-0.39, 0.29) is 12.6 Å². The van der Waals surface area contributed by atoms with Crippen molar-refractivity contribution in [3.05, 3.63) is 29.8 Å². The summed E-state index contributed by atoms with van der Waals surface area (Å²) in [6.07, 6.45) is 0. The molecule has 0 radical (unpaired) electrons. The first-order chi connectivity index (χ1) is 6.77. The topological polar surface area (TPSA) is 41.5 Å². The monoisotopic (exact) mass is 195 g/mol. The van der Waals surface area contributed by atoms with Crippen LogP contribution in [0.15, 0.2) is 24.3 Å². The molecule has 0 aliphatic heterocycles. The molecule has 0 spiro atoms. The van der Waals surface area contributed by atoms with E-state index in [1.54, 1.807) is 0 Å². The lowest BCUT2D eigenvalue weighted by molar-refractivity contribution is 0.188. The molecule has 0 aliphatic carbocycles. The Morgan fingerprint density at radius 1 is 1.43 bits per heavy atom. The van der Waals surface area contributed by atoms with Crippen molar-refractivity contribution < 1.29 is 9.84 Å². The van der Waals surface area contributed by atoms with Gasteiger partial charge in [-0.05, 0) is 25.6 Å². The van der Waals surface area contributed by atoms with Crippen LogP contribution < -0.4 is 10.1 Å². The molecule has 14 heavy (non-hydrogen) atoms. The summed E-state index contributed by atoms with van der Waals surface area (Å²) < 4.78 is 5.56. The summed E-state index contributed by atoms with van der Waals surface area (Å²) >= 11 is 0. The van der Waals surface area contributed by atoms with Crippen LogP contribution in [-0.4, -0.2) is 31.4 Å². The number of benzene rings is 1. The first kappa shape index (κ1) is 11.0. The molecule has 0 aliphatic rings. The lowest BCUT2D eigenvalue weighted by Gasteiger charge is -2.15. The fraction of sp³-hybridized carbons (Fsp3) is 0.455. The van der Waals surface area contributed by atoms with Crippen LogP contribution in [0.25, 0.3) is 0 Å². The number of likely N-dealkylation sites (N-methyl/N-ethyl adjacent to an activating group) is 1. The Morgan fingerprint density at radius 2 is 2.14 bits per heavy atom. The highest BCUT2D eigenvalue weighted by atomic mass is 16.5. The zero-order chi connectivity index (χ0) is 10.4. The summed E-state index contributed by atoms with van der Waals surface area (Å²) in [4.78, 5) is 0. The third-order valence-electron chi connectivity index (χ3n) is 2.16. The van der Waals surface area contributed by atoms with Gasteiger partial charge in [-0.1, -0.05) is 18.2 Å². The SMILES string of the molecule is CNC(CO)COc1ccccc1C. The smallest absolute Gasteiger partial charge is 0.122 e. The summed E-state index contributed by atoms with van der Waals surface area (Å²) in [7, 11) is 1.81. The van der Waals surface area contributed by atoms with Crippen LogP contribution in [0.3, 0.4) is 0 Å². The van der Waals surface area contributed by atoms with Crippen LogP contribution >= 0.6 is 0 Å². The van der Waals surface area contributed by atoms with Crippen molar-refractivity contribution >= 4 is 0 Å². The molecule has 0 aromatic heterocycles. The Hall–Kier alpha value is -1.06. The summed E-state index contributed by atoms with van der Waals surface area (Å²) in [6.45, 7) is 2.57. The largest absolute Gasteiger partial charge is 0.492 e. The van der Waals surface area contributed by atoms with Crippen LogP contribution in [0.5, 0.6) is 5.75 Å². The second-order valence-corrected chi connectivity index (χ2v) is 3.24. The molecule has 1 rings (SSSR count). The third kappa shape index (κ3) is 3.01. The maximum atomic E-state index is 8.93. The van der Waals surface area contributed by atoms with Crippen LogP contribution in [0.4, 0.5) is 0 Å². The molecule has 1 aromatic carbocycles. The summed E-state index contributed by atoms with van der Waals surface area (Å²) in [6, 6.07) is 7.84. The van der Waals surface area contributed by atoms with Gasteiger partial charge in [-0.2, -0.15) is 0 Å². The maximum absolute atomic E-state index is 8.93. The Morgan fingerprint density at radius 3 is 2.71 bits per heavy atom. The molecule has 3 nitrogen and oxygen atoms in total. The first-order valence-corrected chi connectivity index (χ1v) is 4.74. The van der Waals surface area contributed by atoms with Gasteiger partial charge in [-0.3, -0.25) is 0 Å². The summed E-state index contributed by atoms with van der Waals surface area (Å²) in [5, 5.41) is 11.9. The van der Waals surface area contributed by atoms with E-state index in [1.807, 2.05) is 38.2 Å². The molecule has 1 aromatic rings. The number of aliphatic hydroxyl groups is 1. The predicted octanol–water partition coefficient (Wildman–Crippen LogP) is 0.954. The molecular weight excluding hydrogens is 178 g/mol. The molecule has 0 bridgehead atoms. The number of ether oxygens (including phenoxy) is 1. The zero-order valence-electron chi connectivity index (χ0n) is 8.66. The van der Waals surface area contributed by atoms with Gasteiger partial charge in [0.05, 0.1) is 12.6 Å². The molecular formula is C11H17NO2. The third-order valence-corrected chi connectivity index (χ3v) is 2.16. The van der Waals surface area contributed by atoms with Crippen molar-refractivity contribution in [2.24, 2.45) is 0 Å². The second kappa shape index (κ2) is 5.62. The van der Waals surface area contributed by atoms with E-state index in [0.717, 1.165) is 11.3 Å². The van der Waals surface area contributed by atoms with Crippen LogP contribution in [0.1, 0.15) is 5.56 Å². The Kier molecular flexibility index (Phi) is 4.43. The Labute approximate surface area is 84.7 Å². The molecule has 0 heterocycles. The quantitative estimate of drug-likeness (QED) is 0.735. The number of hydrogen-bond donors (Lipinski definition) is 2. The van der Waals surface area contributed by atoms with Crippen LogP contribution in [-0.2, 0) is 0 Å². The average molecular weight is 195 g/mol. The standard InChI is InChI=1S/C11H17NO2/c1-9-5-3-4-6-11(9)14-8-10(7-13)12-2/h3-6,10,12-13H,7-8H2,1-2H3. The van der Waals surface area contributed by atoms with Gasteiger partial charge >= 0.3 is 0 Å². The fourth-order valence-corrected chi connectivity index (χ4v) is 1.14. The van der Waals surface area contributed by atoms with E-state index in [1.165, 1.54) is 0 Å². The maximum Gasteiger partial charge on any atom is 0.122 e. The van der Waals surface area contributed by atoms with Gasteiger partial charge in [0, 0.05) is 0 Å². The fourth-order valence-electron chi connectivity index (χ4n) is 1.14. The van der Waals surface area contributed by atoms with E-state index < -0.39 is 0 Å². The van der Waals surface area contributed by atoms with E-state index in [0.29, 0.717) is 6.61 Å². The van der Waals surface area contributed by atoms with Gasteiger partial charge in [0.15, 0.2) is 0 Å². The number of aliphatic hydroxyl groups excluding tert-OH is 1. The van der Waals surface area contributed by atoms with E-state index in [4.69, 9.17) is 9.84 Å². The number of nitrogens with one attached hydrogen (secondary N) is 1. The minimum atomic E-state index is -0.00499. The highest BCUT2D eigenvalue weighted by Gasteiger charge is 2.05. The van der Waals surface area contributed by atoms with Crippen molar-refractivity contribution in [1.29, 1.82) is 0 Å². The minimum Gasteiger partial charge on any atom is -0.492 e. The highest BCUT2D eigenvalue weighted by Crippen LogP contribution is 2.15.